The number of anilines is 1. The fourth-order valence-electron chi connectivity index (χ4n) is 3.59. The SMILES string of the molecule is Cc1ccc(Br)nc1NC(=O)C1C2CCC(CC2)N1C(=O)O. The first-order chi connectivity index (χ1) is 10.5. The number of carboxylic acid groups (broad SMARTS) is 1. The molecule has 6 nitrogen and oxygen atoms in total. The van der Waals surface area contributed by atoms with Gasteiger partial charge in [-0.25, -0.2) is 9.78 Å². The van der Waals surface area contributed by atoms with Gasteiger partial charge in [0.2, 0.25) is 5.91 Å². The molecule has 2 N–H and O–H groups in total. The second-order valence-corrected chi connectivity index (χ2v) is 6.80. The van der Waals surface area contributed by atoms with Gasteiger partial charge in [0.05, 0.1) is 0 Å². The van der Waals surface area contributed by atoms with Crippen LogP contribution in [-0.4, -0.2) is 39.1 Å². The van der Waals surface area contributed by atoms with Gasteiger partial charge >= 0.3 is 6.09 Å². The summed E-state index contributed by atoms with van der Waals surface area (Å²) in [6, 6.07) is 3.02. The van der Waals surface area contributed by atoms with Crippen molar-refractivity contribution in [3.8, 4) is 0 Å². The minimum atomic E-state index is -1.01. The van der Waals surface area contributed by atoms with Crippen molar-refractivity contribution < 1.29 is 14.7 Å². The van der Waals surface area contributed by atoms with E-state index in [1.165, 1.54) is 4.90 Å². The summed E-state index contributed by atoms with van der Waals surface area (Å²) >= 11 is 3.28. The summed E-state index contributed by atoms with van der Waals surface area (Å²) in [6.45, 7) is 1.86. The first-order valence-corrected chi connectivity index (χ1v) is 8.22. The fraction of sp³-hybridized carbons (Fsp3) is 0.533. The number of aromatic nitrogens is 1. The molecule has 0 radical (unpaired) electrons. The van der Waals surface area contributed by atoms with Crippen molar-refractivity contribution in [2.45, 2.75) is 44.7 Å². The summed E-state index contributed by atoms with van der Waals surface area (Å²) in [5.74, 6) is 0.310. The van der Waals surface area contributed by atoms with Gasteiger partial charge in [0.15, 0.2) is 0 Å². The van der Waals surface area contributed by atoms with Crippen molar-refractivity contribution in [1.82, 2.24) is 9.88 Å². The molecule has 2 saturated heterocycles. The summed E-state index contributed by atoms with van der Waals surface area (Å²) in [6.07, 6.45) is 2.53. The Morgan fingerprint density at radius 1 is 1.32 bits per heavy atom. The number of rotatable bonds is 2. The molecule has 0 aromatic carbocycles. The van der Waals surface area contributed by atoms with E-state index < -0.39 is 12.1 Å². The summed E-state index contributed by atoms with van der Waals surface area (Å²) in [7, 11) is 0. The van der Waals surface area contributed by atoms with Gasteiger partial charge in [-0.2, -0.15) is 0 Å². The van der Waals surface area contributed by atoms with Crippen LogP contribution in [0, 0.1) is 12.8 Å². The number of nitrogens with one attached hydrogen (secondary N) is 1. The molecule has 0 spiro atoms. The molecule has 1 atom stereocenters. The summed E-state index contributed by atoms with van der Waals surface area (Å²) in [4.78, 5) is 29.8. The molecule has 22 heavy (non-hydrogen) atoms. The maximum absolute atomic E-state index is 12.7. The van der Waals surface area contributed by atoms with E-state index >= 15 is 0 Å². The number of carbonyl (C=O) groups is 2. The quantitative estimate of drug-likeness (QED) is 0.787. The summed E-state index contributed by atoms with van der Waals surface area (Å²) in [5, 5.41) is 12.3. The van der Waals surface area contributed by atoms with Gasteiger partial charge in [-0.05, 0) is 66.1 Å². The van der Waals surface area contributed by atoms with E-state index in [9.17, 15) is 14.7 Å². The second-order valence-electron chi connectivity index (χ2n) is 5.99. The Hall–Kier alpha value is -1.63. The number of aryl methyl sites for hydroxylation is 1. The largest absolute Gasteiger partial charge is 0.465 e. The molecule has 2 amide bonds. The van der Waals surface area contributed by atoms with Crippen molar-refractivity contribution in [1.29, 1.82) is 0 Å². The molecule has 7 heteroatoms. The average molecular weight is 368 g/mol. The highest BCUT2D eigenvalue weighted by molar-refractivity contribution is 9.10. The van der Waals surface area contributed by atoms with Crippen LogP contribution in [0.3, 0.4) is 0 Å². The predicted molar refractivity (Wildman–Crippen MR) is 84.7 cm³/mol. The van der Waals surface area contributed by atoms with Crippen molar-refractivity contribution in [2.75, 3.05) is 5.32 Å². The fourth-order valence-corrected chi connectivity index (χ4v) is 3.90. The van der Waals surface area contributed by atoms with Crippen LogP contribution in [0.2, 0.25) is 0 Å². The van der Waals surface area contributed by atoms with Crippen LogP contribution in [0.4, 0.5) is 10.6 Å². The average Bonchev–Trinajstić information content (AvgIpc) is 2.51. The predicted octanol–water partition coefficient (Wildman–Crippen LogP) is 3.01. The zero-order chi connectivity index (χ0) is 15.9. The van der Waals surface area contributed by atoms with Gasteiger partial charge in [-0.1, -0.05) is 6.07 Å². The van der Waals surface area contributed by atoms with Gasteiger partial charge in [0.25, 0.3) is 0 Å². The van der Waals surface area contributed by atoms with E-state index in [1.54, 1.807) is 6.07 Å². The molecule has 2 bridgehead atoms. The Morgan fingerprint density at radius 3 is 2.64 bits per heavy atom. The van der Waals surface area contributed by atoms with Gasteiger partial charge in [0, 0.05) is 6.04 Å². The first kappa shape index (κ1) is 15.3. The number of pyridine rings is 1. The zero-order valence-electron chi connectivity index (χ0n) is 12.3. The number of amides is 2. The molecule has 3 heterocycles. The van der Waals surface area contributed by atoms with Crippen molar-refractivity contribution >= 4 is 33.7 Å². The molecule has 4 rings (SSSR count). The maximum atomic E-state index is 12.7. The Labute approximate surface area is 137 Å². The van der Waals surface area contributed by atoms with Crippen molar-refractivity contribution in [3.63, 3.8) is 0 Å². The topological polar surface area (TPSA) is 82.5 Å². The van der Waals surface area contributed by atoms with Crippen LogP contribution < -0.4 is 5.32 Å². The van der Waals surface area contributed by atoms with E-state index in [-0.39, 0.29) is 17.9 Å². The Balaban J connectivity index is 1.84. The molecule has 2 aliphatic heterocycles. The van der Waals surface area contributed by atoms with Gasteiger partial charge in [0.1, 0.15) is 16.5 Å². The lowest BCUT2D eigenvalue weighted by Crippen LogP contribution is -2.61. The van der Waals surface area contributed by atoms with Crippen LogP contribution in [0.25, 0.3) is 0 Å². The monoisotopic (exact) mass is 367 g/mol. The zero-order valence-corrected chi connectivity index (χ0v) is 13.8. The summed E-state index contributed by atoms with van der Waals surface area (Å²) < 4.78 is 0.633. The lowest BCUT2D eigenvalue weighted by molar-refractivity contribution is -0.128. The van der Waals surface area contributed by atoms with Gasteiger partial charge < -0.3 is 10.4 Å². The lowest BCUT2D eigenvalue weighted by Gasteiger charge is -2.49. The normalized spacial score (nSPS) is 26.8. The van der Waals surface area contributed by atoms with E-state index in [2.05, 4.69) is 26.2 Å². The number of hydrogen-bond donors (Lipinski definition) is 2. The van der Waals surface area contributed by atoms with Crippen LogP contribution in [0.5, 0.6) is 0 Å². The highest BCUT2D eigenvalue weighted by Crippen LogP contribution is 2.40. The molecular weight excluding hydrogens is 350 g/mol. The molecule has 1 unspecified atom stereocenters. The third kappa shape index (κ3) is 2.69. The van der Waals surface area contributed by atoms with Crippen molar-refractivity contribution in [3.05, 3.63) is 22.3 Å². The standard InChI is InChI=1S/C15H18BrN3O3/c1-8-2-7-11(16)17-13(8)18-14(20)12-9-3-5-10(6-4-9)19(12)15(21)22/h2,7,9-10,12H,3-6H2,1H3,(H,21,22)(H,17,18,20). The number of fused-ring (bicyclic) bond motifs is 3. The molecule has 1 aromatic heterocycles. The number of carbonyl (C=O) groups excluding carboxylic acids is 1. The molecule has 1 aliphatic carbocycles. The third-order valence-electron chi connectivity index (χ3n) is 4.68. The maximum Gasteiger partial charge on any atom is 0.408 e. The first-order valence-electron chi connectivity index (χ1n) is 7.42. The molecular formula is C15H18BrN3O3. The smallest absolute Gasteiger partial charge is 0.408 e. The van der Waals surface area contributed by atoms with Crippen LogP contribution in [0.15, 0.2) is 16.7 Å². The molecule has 118 valence electrons. The van der Waals surface area contributed by atoms with E-state index in [0.717, 1.165) is 31.2 Å². The van der Waals surface area contributed by atoms with Crippen LogP contribution in [0.1, 0.15) is 31.2 Å². The molecule has 3 fully saturated rings. The van der Waals surface area contributed by atoms with Gasteiger partial charge in [-0.3, -0.25) is 9.69 Å². The number of halogens is 1. The van der Waals surface area contributed by atoms with E-state index in [4.69, 9.17) is 0 Å². The highest BCUT2D eigenvalue weighted by atomic mass is 79.9. The number of hydrogen-bond acceptors (Lipinski definition) is 3. The third-order valence-corrected chi connectivity index (χ3v) is 5.12. The Morgan fingerprint density at radius 2 is 2.00 bits per heavy atom. The molecule has 1 saturated carbocycles. The van der Waals surface area contributed by atoms with Crippen LogP contribution >= 0.6 is 15.9 Å². The minimum absolute atomic E-state index is 0.0326. The van der Waals surface area contributed by atoms with Crippen molar-refractivity contribution in [2.24, 2.45) is 5.92 Å². The van der Waals surface area contributed by atoms with E-state index in [0.29, 0.717) is 10.4 Å². The minimum Gasteiger partial charge on any atom is -0.465 e. The molecule has 1 aromatic rings. The van der Waals surface area contributed by atoms with Gasteiger partial charge in [-0.15, -0.1) is 0 Å². The Bertz CT molecular complexity index is 614. The number of nitrogens with zero attached hydrogens (tertiary/aromatic N) is 2. The van der Waals surface area contributed by atoms with Crippen LogP contribution in [-0.2, 0) is 4.79 Å². The van der Waals surface area contributed by atoms with E-state index in [1.807, 2.05) is 13.0 Å². The molecule has 3 aliphatic rings. The Kier molecular flexibility index (Phi) is 4.08. The highest BCUT2D eigenvalue weighted by Gasteiger charge is 2.47. The summed E-state index contributed by atoms with van der Waals surface area (Å²) in [5.41, 5.74) is 0.847. The second kappa shape index (κ2) is 5.87. The number of piperidine rings is 2. The lowest BCUT2D eigenvalue weighted by atomic mass is 9.74.